The van der Waals surface area contributed by atoms with Gasteiger partial charge in [-0.2, -0.15) is 0 Å². The molecule has 1 aromatic heterocycles. The van der Waals surface area contributed by atoms with Crippen molar-refractivity contribution in [3.63, 3.8) is 0 Å². The Bertz CT molecular complexity index is 258. The lowest BCUT2D eigenvalue weighted by molar-refractivity contribution is 0.617. The van der Waals surface area contributed by atoms with E-state index in [-0.39, 0.29) is 6.04 Å². The Labute approximate surface area is 87.6 Å². The Morgan fingerprint density at radius 2 is 2.54 bits per heavy atom. The predicted octanol–water partition coefficient (Wildman–Crippen LogP) is 1.69. The molecule has 13 heavy (non-hydrogen) atoms. The molecule has 0 spiro atoms. The summed E-state index contributed by atoms with van der Waals surface area (Å²) in [4.78, 5) is 4.24. The molecule has 0 aliphatic heterocycles. The molecular weight excluding hydrogens is 202 g/mol. The summed E-state index contributed by atoms with van der Waals surface area (Å²) in [6.07, 6.45) is 2.79. The Morgan fingerprint density at radius 1 is 1.77 bits per heavy atom. The van der Waals surface area contributed by atoms with E-state index in [0.29, 0.717) is 5.11 Å². The van der Waals surface area contributed by atoms with Crippen LogP contribution in [0.15, 0.2) is 11.6 Å². The van der Waals surface area contributed by atoms with E-state index in [2.05, 4.69) is 22.5 Å². The van der Waals surface area contributed by atoms with Crippen LogP contribution in [0.25, 0.3) is 0 Å². The molecule has 0 bridgehead atoms. The van der Waals surface area contributed by atoms with Gasteiger partial charge in [0.25, 0.3) is 0 Å². The second-order valence-electron chi connectivity index (χ2n) is 2.55. The molecule has 0 radical (unpaired) electrons. The van der Waals surface area contributed by atoms with Gasteiger partial charge in [-0.1, -0.05) is 6.92 Å². The summed E-state index contributed by atoms with van der Waals surface area (Å²) in [7, 11) is 1.81. The summed E-state index contributed by atoms with van der Waals surface area (Å²) in [6, 6.07) is 0.236. The van der Waals surface area contributed by atoms with Gasteiger partial charge in [0, 0.05) is 18.6 Å². The average Bonchev–Trinajstić information content (AvgIpc) is 2.66. The maximum absolute atomic E-state index is 5.03. The van der Waals surface area contributed by atoms with E-state index >= 15 is 0 Å². The molecule has 1 aromatic rings. The minimum Gasteiger partial charge on any atom is -0.366 e. The van der Waals surface area contributed by atoms with Crippen molar-refractivity contribution in [3.8, 4) is 0 Å². The van der Waals surface area contributed by atoms with Crippen LogP contribution in [0, 0.1) is 0 Å². The maximum Gasteiger partial charge on any atom is 0.166 e. The highest BCUT2D eigenvalue weighted by Crippen LogP contribution is 2.18. The first-order valence-corrected chi connectivity index (χ1v) is 5.44. The monoisotopic (exact) mass is 215 g/mol. The number of nitrogens with one attached hydrogen (secondary N) is 2. The quantitative estimate of drug-likeness (QED) is 0.752. The first-order chi connectivity index (χ1) is 6.27. The van der Waals surface area contributed by atoms with Crippen molar-refractivity contribution < 1.29 is 0 Å². The third-order valence-electron chi connectivity index (χ3n) is 1.69. The van der Waals surface area contributed by atoms with E-state index < -0.39 is 0 Å². The zero-order valence-corrected chi connectivity index (χ0v) is 9.34. The standard InChI is InChI=1S/C8H13N3S2/c1-3-6(11-8(12)9-2)7-10-4-5-13-7/h4-6H,3H2,1-2H3,(H2,9,11,12). The van der Waals surface area contributed by atoms with Crippen molar-refractivity contribution in [2.75, 3.05) is 7.05 Å². The van der Waals surface area contributed by atoms with Gasteiger partial charge in [0.2, 0.25) is 0 Å². The normalized spacial score (nSPS) is 12.2. The fourth-order valence-electron chi connectivity index (χ4n) is 0.975. The Morgan fingerprint density at radius 3 is 3.00 bits per heavy atom. The van der Waals surface area contributed by atoms with Gasteiger partial charge < -0.3 is 10.6 Å². The fraction of sp³-hybridized carbons (Fsp3) is 0.500. The highest BCUT2D eigenvalue weighted by Gasteiger charge is 2.11. The maximum atomic E-state index is 5.03. The topological polar surface area (TPSA) is 37.0 Å². The van der Waals surface area contributed by atoms with Crippen LogP contribution in [-0.2, 0) is 0 Å². The summed E-state index contributed by atoms with van der Waals surface area (Å²) < 4.78 is 0. The van der Waals surface area contributed by atoms with Crippen molar-refractivity contribution in [1.82, 2.24) is 15.6 Å². The van der Waals surface area contributed by atoms with Crippen molar-refractivity contribution in [2.24, 2.45) is 0 Å². The number of thiocarbonyl (C=S) groups is 1. The first kappa shape index (κ1) is 10.4. The fourth-order valence-corrected chi connectivity index (χ4v) is 1.89. The van der Waals surface area contributed by atoms with Gasteiger partial charge in [0.1, 0.15) is 5.01 Å². The molecule has 0 saturated heterocycles. The van der Waals surface area contributed by atoms with Gasteiger partial charge in [-0.25, -0.2) is 4.98 Å². The molecule has 1 atom stereocenters. The summed E-state index contributed by atoms with van der Waals surface area (Å²) in [5, 5.41) is 9.80. The van der Waals surface area contributed by atoms with Crippen LogP contribution >= 0.6 is 23.6 Å². The van der Waals surface area contributed by atoms with Gasteiger partial charge in [-0.15, -0.1) is 11.3 Å². The second kappa shape index (κ2) is 5.14. The SMILES string of the molecule is CCC(NC(=S)NC)c1nccs1. The lowest BCUT2D eigenvalue weighted by Gasteiger charge is -2.15. The molecule has 5 heteroatoms. The van der Waals surface area contributed by atoms with Gasteiger partial charge in [-0.3, -0.25) is 0 Å². The zero-order valence-electron chi connectivity index (χ0n) is 7.70. The van der Waals surface area contributed by atoms with E-state index in [9.17, 15) is 0 Å². The van der Waals surface area contributed by atoms with E-state index in [1.807, 2.05) is 18.6 Å². The predicted molar refractivity (Wildman–Crippen MR) is 59.9 cm³/mol. The second-order valence-corrected chi connectivity index (χ2v) is 3.89. The summed E-state index contributed by atoms with van der Waals surface area (Å²) in [5.74, 6) is 0. The molecule has 0 saturated carbocycles. The minimum atomic E-state index is 0.236. The molecule has 72 valence electrons. The number of rotatable bonds is 3. The van der Waals surface area contributed by atoms with Crippen molar-refractivity contribution >= 4 is 28.7 Å². The van der Waals surface area contributed by atoms with E-state index in [4.69, 9.17) is 12.2 Å². The van der Waals surface area contributed by atoms with Crippen LogP contribution in [-0.4, -0.2) is 17.1 Å². The van der Waals surface area contributed by atoms with E-state index in [0.717, 1.165) is 11.4 Å². The first-order valence-electron chi connectivity index (χ1n) is 4.15. The largest absolute Gasteiger partial charge is 0.366 e. The smallest absolute Gasteiger partial charge is 0.166 e. The van der Waals surface area contributed by atoms with Crippen LogP contribution in [0.5, 0.6) is 0 Å². The highest BCUT2D eigenvalue weighted by molar-refractivity contribution is 7.80. The molecule has 1 unspecified atom stereocenters. The molecule has 3 nitrogen and oxygen atoms in total. The van der Waals surface area contributed by atoms with Gasteiger partial charge >= 0.3 is 0 Å². The van der Waals surface area contributed by atoms with Crippen LogP contribution in [0.3, 0.4) is 0 Å². The lowest BCUT2D eigenvalue weighted by atomic mass is 10.2. The highest BCUT2D eigenvalue weighted by atomic mass is 32.1. The third-order valence-corrected chi connectivity index (χ3v) is 2.90. The van der Waals surface area contributed by atoms with Crippen LogP contribution in [0.2, 0.25) is 0 Å². The molecule has 2 N–H and O–H groups in total. The number of hydrogen-bond donors (Lipinski definition) is 2. The van der Waals surface area contributed by atoms with Gasteiger partial charge in [0.05, 0.1) is 6.04 Å². The minimum absolute atomic E-state index is 0.236. The Hall–Kier alpha value is -0.680. The summed E-state index contributed by atoms with van der Waals surface area (Å²) >= 11 is 6.67. The number of aromatic nitrogens is 1. The molecule has 0 fully saturated rings. The molecular formula is C8H13N3S2. The summed E-state index contributed by atoms with van der Waals surface area (Å²) in [6.45, 7) is 2.11. The number of hydrogen-bond acceptors (Lipinski definition) is 3. The third kappa shape index (κ3) is 2.93. The Kier molecular flexibility index (Phi) is 4.11. The van der Waals surface area contributed by atoms with Crippen molar-refractivity contribution in [1.29, 1.82) is 0 Å². The molecule has 0 aromatic carbocycles. The molecule has 0 amide bonds. The number of thiazole rings is 1. The van der Waals surface area contributed by atoms with Crippen LogP contribution < -0.4 is 10.6 Å². The zero-order chi connectivity index (χ0) is 9.68. The van der Waals surface area contributed by atoms with Gasteiger partial charge in [-0.05, 0) is 18.6 Å². The molecule has 1 rings (SSSR count). The lowest BCUT2D eigenvalue weighted by Crippen LogP contribution is -2.35. The molecule has 0 aliphatic carbocycles. The van der Waals surface area contributed by atoms with Gasteiger partial charge in [0.15, 0.2) is 5.11 Å². The van der Waals surface area contributed by atoms with Crippen LogP contribution in [0.1, 0.15) is 24.4 Å². The molecule has 0 aliphatic rings. The average molecular weight is 215 g/mol. The van der Waals surface area contributed by atoms with E-state index in [1.54, 1.807) is 11.3 Å². The van der Waals surface area contributed by atoms with E-state index in [1.165, 1.54) is 0 Å². The Balaban J connectivity index is 2.58. The van der Waals surface area contributed by atoms with Crippen molar-refractivity contribution in [3.05, 3.63) is 16.6 Å². The van der Waals surface area contributed by atoms with Crippen LogP contribution in [0.4, 0.5) is 0 Å². The molecule has 1 heterocycles. The summed E-state index contributed by atoms with van der Waals surface area (Å²) in [5.41, 5.74) is 0. The number of nitrogens with zero attached hydrogens (tertiary/aromatic N) is 1. The van der Waals surface area contributed by atoms with Crippen molar-refractivity contribution in [2.45, 2.75) is 19.4 Å².